The molecule has 1 aliphatic heterocycles. The summed E-state index contributed by atoms with van der Waals surface area (Å²) < 4.78 is 23.2. The van der Waals surface area contributed by atoms with E-state index in [-0.39, 0.29) is 11.5 Å². The van der Waals surface area contributed by atoms with Gasteiger partial charge in [0.15, 0.2) is 5.82 Å². The lowest BCUT2D eigenvalue weighted by atomic mass is 9.92. The molecular weight excluding hydrogens is 536 g/mol. The van der Waals surface area contributed by atoms with E-state index in [1.54, 1.807) is 32.0 Å². The average molecular weight is 575 g/mol. The minimum atomic E-state index is -2.03. The predicted molar refractivity (Wildman–Crippen MR) is 143 cm³/mol. The first-order valence-electron chi connectivity index (χ1n) is 13.8. The summed E-state index contributed by atoms with van der Waals surface area (Å²) in [5.74, 6) is -0.0258. The van der Waals surface area contributed by atoms with Crippen molar-refractivity contribution in [3.05, 3.63) is 24.2 Å². The van der Waals surface area contributed by atoms with Crippen molar-refractivity contribution < 1.29 is 38.7 Å². The smallest absolute Gasteiger partial charge is 0.464 e. The molecule has 2 fully saturated rings. The van der Waals surface area contributed by atoms with Gasteiger partial charge in [-0.05, 0) is 51.9 Å². The molecule has 1 saturated carbocycles. The molecule has 4 N–H and O–H groups in total. The summed E-state index contributed by atoms with van der Waals surface area (Å²) in [5.41, 5.74) is 4.33. The van der Waals surface area contributed by atoms with Crippen LogP contribution in [0.5, 0.6) is 0 Å². The highest BCUT2D eigenvalue weighted by molar-refractivity contribution is 5.77. The lowest BCUT2D eigenvalue weighted by Crippen LogP contribution is -2.47. The summed E-state index contributed by atoms with van der Waals surface area (Å²) in [5, 5.41) is 35.6. The molecule has 41 heavy (non-hydrogen) atoms. The maximum Gasteiger partial charge on any atom is 0.508 e. The van der Waals surface area contributed by atoms with Gasteiger partial charge < -0.3 is 34.9 Å². The number of aromatic nitrogens is 3. The molecule has 0 radical (unpaired) electrons. The minimum absolute atomic E-state index is 0.116. The second-order valence-corrected chi connectivity index (χ2v) is 10.9. The number of nitrogens with zero attached hydrogens (tertiary/aromatic N) is 5. The Morgan fingerprint density at radius 1 is 1.22 bits per heavy atom. The zero-order valence-electron chi connectivity index (χ0n) is 23.5. The normalized spacial score (nSPS) is 26.7. The Balaban J connectivity index is 1.35. The monoisotopic (exact) mass is 574 g/mol. The summed E-state index contributed by atoms with van der Waals surface area (Å²) in [6, 6.07) is 4.08. The number of ether oxygens (including phenoxy) is 4. The van der Waals surface area contributed by atoms with Crippen molar-refractivity contribution in [3.8, 4) is 6.07 Å². The lowest BCUT2D eigenvalue weighted by molar-refractivity contribution is -0.155. The van der Waals surface area contributed by atoms with Crippen molar-refractivity contribution >= 4 is 23.5 Å². The van der Waals surface area contributed by atoms with E-state index in [4.69, 9.17) is 24.7 Å². The van der Waals surface area contributed by atoms with Gasteiger partial charge in [-0.25, -0.2) is 14.3 Å². The van der Waals surface area contributed by atoms with E-state index >= 15 is 0 Å². The highest BCUT2D eigenvalue weighted by Gasteiger charge is 2.58. The quantitative estimate of drug-likeness (QED) is 0.285. The zero-order chi connectivity index (χ0) is 29.7. The fourth-order valence-electron chi connectivity index (χ4n) is 5.59. The third kappa shape index (κ3) is 6.38. The molecule has 4 rings (SSSR count). The van der Waals surface area contributed by atoms with Gasteiger partial charge in [0.2, 0.25) is 5.60 Å². The number of anilines is 1. The van der Waals surface area contributed by atoms with Crippen LogP contribution in [0.3, 0.4) is 0 Å². The van der Waals surface area contributed by atoms with Crippen molar-refractivity contribution in [1.82, 2.24) is 19.5 Å². The molecule has 3 heterocycles. The van der Waals surface area contributed by atoms with Crippen LogP contribution in [0.25, 0.3) is 5.52 Å². The van der Waals surface area contributed by atoms with Crippen LogP contribution in [0.15, 0.2) is 18.5 Å². The highest BCUT2D eigenvalue weighted by atomic mass is 16.7. The summed E-state index contributed by atoms with van der Waals surface area (Å²) in [7, 11) is 3.36. The molecule has 1 saturated heterocycles. The van der Waals surface area contributed by atoms with Crippen LogP contribution < -0.4 is 5.73 Å². The summed E-state index contributed by atoms with van der Waals surface area (Å²) in [6.45, 7) is 1.34. The van der Waals surface area contributed by atoms with E-state index in [2.05, 4.69) is 10.1 Å². The minimum Gasteiger partial charge on any atom is -0.464 e. The van der Waals surface area contributed by atoms with Crippen LogP contribution in [0, 0.1) is 17.2 Å². The molecule has 2 aromatic heterocycles. The third-order valence-electron chi connectivity index (χ3n) is 7.81. The molecule has 2 aromatic rings. The van der Waals surface area contributed by atoms with E-state index in [1.165, 1.54) is 29.8 Å². The first kappa shape index (κ1) is 30.4. The van der Waals surface area contributed by atoms with E-state index < -0.39 is 54.8 Å². The molecule has 0 bridgehead atoms. The molecular formula is C27H38N6O8. The number of aliphatic hydroxyl groups is 2. The molecule has 14 heteroatoms. The number of likely N-dealkylation sites (N-methyl/N-ethyl adjacent to an activating group) is 1. The van der Waals surface area contributed by atoms with Gasteiger partial charge in [0.05, 0.1) is 12.3 Å². The number of carbonyl (C=O) groups excluding carboxylic acids is 2. The number of nitrogen functional groups attached to an aromatic ring is 1. The first-order valence-corrected chi connectivity index (χ1v) is 13.8. The van der Waals surface area contributed by atoms with Gasteiger partial charge in [-0.1, -0.05) is 25.7 Å². The van der Waals surface area contributed by atoms with E-state index in [0.717, 1.165) is 25.7 Å². The number of aliphatic hydroxyl groups excluding tert-OH is 2. The second-order valence-electron chi connectivity index (χ2n) is 10.9. The Bertz CT molecular complexity index is 1260. The van der Waals surface area contributed by atoms with Crippen LogP contribution in [0.4, 0.5) is 10.6 Å². The van der Waals surface area contributed by atoms with Crippen LogP contribution >= 0.6 is 0 Å². The Labute approximate surface area is 237 Å². The van der Waals surface area contributed by atoms with Crippen LogP contribution in [-0.2, 0) is 29.3 Å². The van der Waals surface area contributed by atoms with E-state index in [9.17, 15) is 25.1 Å². The number of nitriles is 1. The largest absolute Gasteiger partial charge is 0.508 e. The Morgan fingerprint density at radius 3 is 2.59 bits per heavy atom. The Hall–Kier alpha value is -3.51. The lowest BCUT2D eigenvalue weighted by Gasteiger charge is -2.28. The van der Waals surface area contributed by atoms with Gasteiger partial charge in [-0.2, -0.15) is 10.4 Å². The van der Waals surface area contributed by atoms with Gasteiger partial charge in [0.25, 0.3) is 0 Å². The van der Waals surface area contributed by atoms with Crippen LogP contribution in [0.1, 0.15) is 51.1 Å². The number of esters is 1. The molecule has 1 aliphatic carbocycles. The molecule has 6 atom stereocenters. The van der Waals surface area contributed by atoms with Crippen molar-refractivity contribution in [3.63, 3.8) is 0 Å². The fourth-order valence-corrected chi connectivity index (χ4v) is 5.59. The predicted octanol–water partition coefficient (Wildman–Crippen LogP) is 1.14. The summed E-state index contributed by atoms with van der Waals surface area (Å²) >= 11 is 0. The topological polar surface area (TPSA) is 195 Å². The molecule has 224 valence electrons. The molecule has 14 nitrogen and oxygen atoms in total. The van der Waals surface area contributed by atoms with Crippen LogP contribution in [-0.4, -0.2) is 99.6 Å². The van der Waals surface area contributed by atoms with Crippen molar-refractivity contribution in [2.24, 2.45) is 5.92 Å². The molecule has 0 unspecified atom stereocenters. The number of carbonyl (C=O) groups is 2. The average Bonchev–Trinajstić information content (AvgIpc) is 3.34. The Morgan fingerprint density at radius 2 is 1.93 bits per heavy atom. The molecule has 0 amide bonds. The summed E-state index contributed by atoms with van der Waals surface area (Å²) in [6.07, 6.45) is 1.29. The number of nitrogens with two attached hydrogens (primary N) is 1. The molecule has 2 aliphatic rings. The molecule has 0 spiro atoms. The SMILES string of the molecule is C[C@@H](OC(=O)OC[C@H]1O[C@@](C#N)(c2ccc3c(N)ncnn23)[C@H](O)[C@@H]1O)[C@@H](C(=O)OCC1CCCCCC1)N(C)C. The van der Waals surface area contributed by atoms with Gasteiger partial charge in [0.1, 0.15) is 55.0 Å². The standard InChI is InChI=1S/C27H38N6O8/c1-16(21(32(2)3)25(36)38-12-17-8-6-4-5-7-9-17)40-26(37)39-13-19-22(34)23(35)27(14-28,41-19)20-11-10-18-24(29)30-15-31-33(18)20/h10-11,15-17,19,21-23,34-35H,4-9,12-13H2,1-3H3,(H2,29,30,31)/t16-,19-,21+,22-,23-,27+/m1/s1. The Kier molecular flexibility index (Phi) is 9.64. The fraction of sp³-hybridized carbons (Fsp3) is 0.667. The number of hydrogen-bond donors (Lipinski definition) is 3. The second kappa shape index (κ2) is 13.0. The zero-order valence-corrected chi connectivity index (χ0v) is 23.5. The van der Waals surface area contributed by atoms with E-state index in [0.29, 0.717) is 18.0 Å². The maximum atomic E-state index is 12.9. The van der Waals surface area contributed by atoms with Gasteiger partial charge in [-0.3, -0.25) is 9.69 Å². The maximum absolute atomic E-state index is 12.9. The summed E-state index contributed by atoms with van der Waals surface area (Å²) in [4.78, 5) is 30.9. The van der Waals surface area contributed by atoms with Crippen LogP contribution in [0.2, 0.25) is 0 Å². The van der Waals surface area contributed by atoms with Gasteiger partial charge in [-0.15, -0.1) is 0 Å². The van der Waals surface area contributed by atoms with Crippen molar-refractivity contribution in [1.29, 1.82) is 5.26 Å². The molecule has 0 aromatic carbocycles. The highest BCUT2D eigenvalue weighted by Crippen LogP contribution is 2.40. The number of fused-ring (bicyclic) bond motifs is 1. The van der Waals surface area contributed by atoms with Gasteiger partial charge in [0, 0.05) is 0 Å². The first-order chi connectivity index (χ1) is 19.6. The van der Waals surface area contributed by atoms with E-state index in [1.807, 2.05) is 6.07 Å². The van der Waals surface area contributed by atoms with Crippen molar-refractivity contribution in [2.75, 3.05) is 33.0 Å². The number of rotatable bonds is 9. The number of hydrogen-bond acceptors (Lipinski definition) is 13. The van der Waals surface area contributed by atoms with Crippen molar-refractivity contribution in [2.45, 2.75) is 81.5 Å². The third-order valence-corrected chi connectivity index (χ3v) is 7.81. The van der Waals surface area contributed by atoms with Gasteiger partial charge >= 0.3 is 12.1 Å².